The first-order chi connectivity index (χ1) is 25.1. The van der Waals surface area contributed by atoms with Gasteiger partial charge in [-0.1, -0.05) is 43.2 Å². The summed E-state index contributed by atoms with van der Waals surface area (Å²) in [4.78, 5) is 34.7. The van der Waals surface area contributed by atoms with Gasteiger partial charge < -0.3 is 43.5 Å². The summed E-state index contributed by atoms with van der Waals surface area (Å²) in [5, 5.41) is 9.01. The fraction of sp³-hybridized carbons (Fsp3) is 0.571. The van der Waals surface area contributed by atoms with Crippen LogP contribution in [-0.2, 0) is 28.4 Å². The lowest BCUT2D eigenvalue weighted by molar-refractivity contribution is -0.00976. The van der Waals surface area contributed by atoms with Crippen molar-refractivity contribution in [1.82, 2.24) is 19.7 Å². The standard InChI is InChI=1S/C30H40ClN5O6.C3H11O3P2.C2H2/c1-3-12-37-13-14-38-15-16-39-17-18-40-19-20-41-22-26(23-8-6-5-7-9-23)33-28-25-21-32-36(29(25)35-30(31)34-28)27-11-10-24(4-2)42-27;1-8(2,6)3-7(4)5;1-2/h1,5-9,21,24,26-27H,4,10-20,22H2,2H3,(H,33,34,35);4-6H,3H2,1-2H3;1-2H/q;+1;. The van der Waals surface area contributed by atoms with Gasteiger partial charge in [0.1, 0.15) is 19.9 Å². The number of hydrogen-bond donors (Lipinski definition) is 4. The molecule has 14 nitrogen and oxygen atoms in total. The molecule has 17 heteroatoms. The average molecular weight is 785 g/mol. The van der Waals surface area contributed by atoms with Gasteiger partial charge in [0.2, 0.25) is 13.7 Å². The van der Waals surface area contributed by atoms with E-state index in [0.717, 1.165) is 30.2 Å². The zero-order valence-electron chi connectivity index (χ0n) is 30.2. The Kier molecular flexibility index (Phi) is 23.1. The summed E-state index contributed by atoms with van der Waals surface area (Å²) in [5.41, 5.74) is 1.69. The third kappa shape index (κ3) is 18.0. The van der Waals surface area contributed by atoms with Crippen LogP contribution in [0, 0.1) is 25.2 Å². The maximum Gasteiger partial charge on any atom is 0.226 e. The number of anilines is 1. The molecule has 1 fully saturated rings. The predicted octanol–water partition coefficient (Wildman–Crippen LogP) is 5.11. The van der Waals surface area contributed by atoms with E-state index >= 15 is 0 Å². The van der Waals surface area contributed by atoms with Gasteiger partial charge in [0.05, 0.1) is 96.5 Å². The third-order valence-electron chi connectivity index (χ3n) is 7.18. The molecule has 4 rings (SSSR count). The molecular weight excluding hydrogens is 732 g/mol. The number of halogens is 1. The molecule has 3 unspecified atom stereocenters. The van der Waals surface area contributed by atoms with E-state index < -0.39 is 15.9 Å². The summed E-state index contributed by atoms with van der Waals surface area (Å²) < 4.78 is 35.6. The van der Waals surface area contributed by atoms with Crippen molar-refractivity contribution in [3.05, 3.63) is 47.4 Å². The number of ether oxygens (including phenoxy) is 6. The number of fused-ring (bicyclic) bond motifs is 1. The van der Waals surface area contributed by atoms with Crippen molar-refractivity contribution in [2.24, 2.45) is 0 Å². The van der Waals surface area contributed by atoms with Crippen LogP contribution < -0.4 is 5.32 Å². The number of rotatable bonds is 22. The Balaban J connectivity index is 0.000000827. The van der Waals surface area contributed by atoms with Gasteiger partial charge >= 0.3 is 0 Å². The van der Waals surface area contributed by atoms with Crippen LogP contribution in [0.4, 0.5) is 5.82 Å². The van der Waals surface area contributed by atoms with E-state index in [0.29, 0.717) is 77.5 Å². The highest BCUT2D eigenvalue weighted by Gasteiger charge is 2.28. The summed E-state index contributed by atoms with van der Waals surface area (Å²) in [7, 11) is -3.83. The number of terminal acetylenes is 2. The van der Waals surface area contributed by atoms with Gasteiger partial charge in [0, 0.05) is 0 Å². The predicted molar refractivity (Wildman–Crippen MR) is 207 cm³/mol. The lowest BCUT2D eigenvalue weighted by Gasteiger charge is -2.21. The molecular formula is C35H53ClN5O9P2+. The number of hydrogen-bond acceptors (Lipinski definition) is 13. The Bertz CT molecular complexity index is 1460. The average Bonchev–Trinajstić information content (AvgIpc) is 3.77. The van der Waals surface area contributed by atoms with Crippen molar-refractivity contribution >= 4 is 44.3 Å². The third-order valence-corrected chi connectivity index (χ3v) is 11.1. The van der Waals surface area contributed by atoms with Gasteiger partial charge in [-0.05, 0) is 36.4 Å². The van der Waals surface area contributed by atoms with Crippen molar-refractivity contribution in [3.63, 3.8) is 0 Å². The smallest absolute Gasteiger partial charge is 0.226 e. The van der Waals surface area contributed by atoms with E-state index in [1.54, 1.807) is 19.5 Å². The molecule has 1 aliphatic rings. The minimum Gasteiger partial charge on any atom is -0.377 e. The number of benzene rings is 1. The highest BCUT2D eigenvalue weighted by molar-refractivity contribution is 7.77. The second-order valence-electron chi connectivity index (χ2n) is 11.8. The molecule has 0 radical (unpaired) electrons. The van der Waals surface area contributed by atoms with Gasteiger partial charge in [-0.15, -0.1) is 19.3 Å². The summed E-state index contributed by atoms with van der Waals surface area (Å²) in [5.74, 6) is 3.17. The molecule has 1 aliphatic heterocycles. The quantitative estimate of drug-likeness (QED) is 0.0459. The lowest BCUT2D eigenvalue weighted by Crippen LogP contribution is -2.20. The number of nitrogens with zero attached hydrogens (tertiary/aromatic N) is 4. The Morgan fingerprint density at radius 3 is 2.10 bits per heavy atom. The minimum atomic E-state index is -1.94. The van der Waals surface area contributed by atoms with Crippen LogP contribution in [-0.4, -0.2) is 126 Å². The normalized spacial score (nSPS) is 16.1. The van der Waals surface area contributed by atoms with E-state index in [9.17, 15) is 0 Å². The van der Waals surface area contributed by atoms with Crippen LogP contribution in [0.5, 0.6) is 0 Å². The molecule has 288 valence electrons. The van der Waals surface area contributed by atoms with Crippen molar-refractivity contribution < 1.29 is 43.1 Å². The Hall–Kier alpha value is -2.52. The van der Waals surface area contributed by atoms with Crippen molar-refractivity contribution in [2.75, 3.05) is 90.6 Å². The van der Waals surface area contributed by atoms with Crippen molar-refractivity contribution in [3.8, 4) is 25.2 Å². The minimum absolute atomic E-state index is 0.140. The Labute approximate surface area is 314 Å². The highest BCUT2D eigenvalue weighted by Crippen LogP contribution is 2.54. The summed E-state index contributed by atoms with van der Waals surface area (Å²) in [6.07, 6.45) is 17.8. The number of aromatic nitrogens is 4. The maximum atomic E-state index is 9.00. The maximum absolute atomic E-state index is 9.00. The molecule has 4 N–H and O–H groups in total. The van der Waals surface area contributed by atoms with Gasteiger partial charge in [-0.25, -0.2) is 4.68 Å². The molecule has 0 amide bonds. The highest BCUT2D eigenvalue weighted by atomic mass is 35.5. The largest absolute Gasteiger partial charge is 0.377 e. The van der Waals surface area contributed by atoms with Crippen LogP contribution in [0.3, 0.4) is 0 Å². The molecule has 1 aromatic carbocycles. The van der Waals surface area contributed by atoms with E-state index in [1.165, 1.54) is 0 Å². The molecule has 3 aromatic rings. The summed E-state index contributed by atoms with van der Waals surface area (Å²) in [6.45, 7) is 9.91. The van der Waals surface area contributed by atoms with Crippen LogP contribution >= 0.6 is 27.5 Å². The second-order valence-corrected chi connectivity index (χ2v) is 17.2. The number of nitrogens with one attached hydrogen (secondary N) is 1. The van der Waals surface area contributed by atoms with Crippen LogP contribution in [0.25, 0.3) is 11.0 Å². The lowest BCUT2D eigenvalue weighted by atomic mass is 10.1. The van der Waals surface area contributed by atoms with E-state index in [4.69, 9.17) is 61.1 Å². The monoisotopic (exact) mass is 784 g/mol. The zero-order chi connectivity index (χ0) is 38.2. The van der Waals surface area contributed by atoms with Crippen LogP contribution in [0.1, 0.15) is 44.0 Å². The Morgan fingerprint density at radius 2 is 1.58 bits per heavy atom. The topological polar surface area (TPSA) is 172 Å². The molecule has 0 bridgehead atoms. The van der Waals surface area contributed by atoms with Gasteiger partial charge in [0.25, 0.3) is 0 Å². The first-order valence-electron chi connectivity index (χ1n) is 16.9. The van der Waals surface area contributed by atoms with E-state index in [2.05, 4.69) is 46.1 Å². The Morgan fingerprint density at radius 1 is 0.981 bits per heavy atom. The first-order valence-corrected chi connectivity index (χ1v) is 21.5. The van der Waals surface area contributed by atoms with Gasteiger partial charge in [-0.3, -0.25) is 4.89 Å². The second kappa shape index (κ2) is 26.3. The zero-order valence-corrected chi connectivity index (χ0v) is 32.7. The first kappa shape index (κ1) is 45.6. The fourth-order valence-electron chi connectivity index (χ4n) is 4.88. The van der Waals surface area contributed by atoms with Crippen molar-refractivity contribution in [2.45, 2.75) is 44.6 Å². The summed E-state index contributed by atoms with van der Waals surface area (Å²) in [6, 6.07) is 9.87. The molecule has 2 aromatic heterocycles. The fourth-order valence-corrected chi connectivity index (χ4v) is 7.52. The SMILES string of the molecule is C#C.C#CCOCCOCCOCCOCCOCC(Nc1nc(Cl)nc2c1cnn2C1CCC(CC)O1)c1ccccc1.C[P+](C)(O)CP(O)O. The van der Waals surface area contributed by atoms with Crippen LogP contribution in [0.2, 0.25) is 5.28 Å². The molecule has 0 saturated carbocycles. The molecule has 52 heavy (non-hydrogen) atoms. The molecule has 1 saturated heterocycles. The van der Waals surface area contributed by atoms with E-state index in [1.807, 2.05) is 35.0 Å². The van der Waals surface area contributed by atoms with Crippen molar-refractivity contribution in [1.29, 1.82) is 0 Å². The van der Waals surface area contributed by atoms with Gasteiger partial charge in [-0.2, -0.15) is 15.1 Å². The van der Waals surface area contributed by atoms with Crippen LogP contribution in [0.15, 0.2) is 36.5 Å². The molecule has 0 aliphatic carbocycles. The molecule has 3 atom stereocenters. The molecule has 0 spiro atoms. The van der Waals surface area contributed by atoms with E-state index in [-0.39, 0.29) is 29.6 Å². The molecule has 3 heterocycles. The van der Waals surface area contributed by atoms with Gasteiger partial charge in [0.15, 0.2) is 17.8 Å². The summed E-state index contributed by atoms with van der Waals surface area (Å²) >= 11 is 6.37.